The van der Waals surface area contributed by atoms with Crippen LogP contribution in [0.2, 0.25) is 0 Å². The average molecular weight is 241 g/mol. The second-order valence-electron chi connectivity index (χ2n) is 3.65. The largest absolute Gasteiger partial charge is 0.454 e. The van der Waals surface area contributed by atoms with Gasteiger partial charge in [-0.1, -0.05) is 5.57 Å². The van der Waals surface area contributed by atoms with Gasteiger partial charge in [0.1, 0.15) is 5.75 Å². The van der Waals surface area contributed by atoms with Crippen LogP contribution in [-0.4, -0.2) is 30.2 Å². The van der Waals surface area contributed by atoms with Gasteiger partial charge >= 0.3 is 6.18 Å². The Hall–Kier alpha value is -0.450. The minimum absolute atomic E-state index is 0.304. The quantitative estimate of drug-likeness (QED) is 0.534. The Morgan fingerprint density at radius 2 is 1.87 bits per heavy atom. The Morgan fingerprint density at radius 1 is 1.33 bits per heavy atom. The first kappa shape index (κ1) is 14.5. The summed E-state index contributed by atoms with van der Waals surface area (Å²) in [6.45, 7) is 1.56. The van der Waals surface area contributed by atoms with E-state index < -0.39 is 12.0 Å². The lowest BCUT2D eigenvalue weighted by molar-refractivity contribution is -0.165. The summed E-state index contributed by atoms with van der Waals surface area (Å²) >= 11 is 0. The molecule has 0 fully saturated rings. The van der Waals surface area contributed by atoms with E-state index in [2.05, 4.69) is 12.5 Å². The van der Waals surface area contributed by atoms with E-state index in [0.717, 1.165) is 12.2 Å². The predicted octanol–water partition coefficient (Wildman–Crippen LogP) is 2.72. The van der Waals surface area contributed by atoms with Gasteiger partial charge in [0, 0.05) is 0 Å². The maximum Gasteiger partial charge on any atom is 0.454 e. The number of allylic oxidation sites excluding steroid dienone is 2. The summed E-state index contributed by atoms with van der Waals surface area (Å²) in [7, 11) is 0.304. The summed E-state index contributed by atoms with van der Waals surface area (Å²) < 4.78 is 35.6. The summed E-state index contributed by atoms with van der Waals surface area (Å²) in [4.78, 5) is 10.6. The van der Waals surface area contributed by atoms with Crippen LogP contribution in [0.1, 0.15) is 19.8 Å². The molecule has 0 bridgehead atoms. The van der Waals surface area contributed by atoms with Crippen LogP contribution >= 0.6 is 0 Å². The molecule has 0 aliphatic rings. The van der Waals surface area contributed by atoms with Crippen molar-refractivity contribution < 1.29 is 18.0 Å². The maximum absolute atomic E-state index is 11.9. The third kappa shape index (κ3) is 7.48. The van der Waals surface area contributed by atoms with Crippen molar-refractivity contribution in [2.24, 2.45) is 0 Å². The lowest BCUT2D eigenvalue weighted by Crippen LogP contribution is -2.20. The second-order valence-corrected chi connectivity index (χ2v) is 6.03. The molecule has 0 unspecified atom stereocenters. The summed E-state index contributed by atoms with van der Waals surface area (Å²) in [5.74, 6) is -0.766. The zero-order valence-electron chi connectivity index (χ0n) is 9.15. The highest BCUT2D eigenvalue weighted by atomic mass is 32.2. The van der Waals surface area contributed by atoms with Gasteiger partial charge in [-0.15, -0.1) is 0 Å². The molecule has 5 heteroatoms. The molecule has 0 spiro atoms. The molecule has 0 aliphatic carbocycles. The molecular weight excluding hydrogens is 225 g/mol. The van der Waals surface area contributed by atoms with E-state index in [4.69, 9.17) is 0 Å². The zero-order chi connectivity index (χ0) is 12.1. The number of hydrogen-bond acceptors (Lipinski definition) is 1. The van der Waals surface area contributed by atoms with Crippen molar-refractivity contribution in [2.75, 3.05) is 18.3 Å². The molecule has 0 saturated heterocycles. The van der Waals surface area contributed by atoms with Gasteiger partial charge in [0.25, 0.3) is 5.78 Å². The van der Waals surface area contributed by atoms with Crippen LogP contribution in [0, 0.1) is 0 Å². The highest BCUT2D eigenvalue weighted by Crippen LogP contribution is 2.18. The molecule has 1 nitrogen and oxygen atoms in total. The standard InChI is InChI=1S/C10H16F3OS/c1-8(5-4-6-15(2)3)7-9(14)10(11,12)13/h7H,4-6H2,1-3H3/q+1/b8-7-. The molecule has 0 amide bonds. The second kappa shape index (κ2) is 6.20. The first-order valence-corrected chi connectivity index (χ1v) is 6.77. The zero-order valence-corrected chi connectivity index (χ0v) is 9.97. The highest BCUT2D eigenvalue weighted by molar-refractivity contribution is 7.95. The van der Waals surface area contributed by atoms with E-state index in [1.807, 2.05) is 0 Å². The van der Waals surface area contributed by atoms with Gasteiger partial charge in [-0.05, 0) is 36.7 Å². The molecule has 0 aromatic heterocycles. The van der Waals surface area contributed by atoms with Gasteiger partial charge in [-0.2, -0.15) is 13.2 Å². The van der Waals surface area contributed by atoms with Crippen molar-refractivity contribution in [1.82, 2.24) is 0 Å². The van der Waals surface area contributed by atoms with E-state index in [1.54, 1.807) is 6.92 Å². The smallest absolute Gasteiger partial charge is 0.285 e. The molecular formula is C10H16F3OS+. The van der Waals surface area contributed by atoms with Gasteiger partial charge in [0.15, 0.2) is 0 Å². The third-order valence-corrected chi connectivity index (χ3v) is 2.89. The van der Waals surface area contributed by atoms with Crippen molar-refractivity contribution in [1.29, 1.82) is 0 Å². The van der Waals surface area contributed by atoms with Crippen LogP contribution in [0.15, 0.2) is 11.6 Å². The lowest BCUT2D eigenvalue weighted by atomic mass is 10.1. The molecule has 0 radical (unpaired) electrons. The van der Waals surface area contributed by atoms with Gasteiger partial charge in [-0.25, -0.2) is 0 Å². The fraction of sp³-hybridized carbons (Fsp3) is 0.700. The van der Waals surface area contributed by atoms with Crippen LogP contribution in [-0.2, 0) is 15.7 Å². The van der Waals surface area contributed by atoms with Crippen molar-refractivity contribution in [3.05, 3.63) is 11.6 Å². The van der Waals surface area contributed by atoms with E-state index in [-0.39, 0.29) is 0 Å². The molecule has 88 valence electrons. The SMILES string of the molecule is C/C(=C/C(=O)C(F)(F)F)CCC[S+](C)C. The van der Waals surface area contributed by atoms with Gasteiger partial charge in [0.2, 0.25) is 0 Å². The number of halogens is 3. The van der Waals surface area contributed by atoms with Crippen molar-refractivity contribution in [3.63, 3.8) is 0 Å². The van der Waals surface area contributed by atoms with E-state index >= 15 is 0 Å². The first-order valence-electron chi connectivity index (χ1n) is 4.56. The Morgan fingerprint density at radius 3 is 2.27 bits per heavy atom. The van der Waals surface area contributed by atoms with Gasteiger partial charge in [0.05, 0.1) is 12.5 Å². The number of carbonyl (C=O) groups excluding carboxylic acids is 1. The van der Waals surface area contributed by atoms with E-state index in [1.165, 1.54) is 0 Å². The van der Waals surface area contributed by atoms with Crippen LogP contribution < -0.4 is 0 Å². The lowest BCUT2D eigenvalue weighted by Gasteiger charge is -2.03. The molecule has 0 aromatic rings. The molecule has 0 aromatic carbocycles. The molecule has 0 aliphatic heterocycles. The Balaban J connectivity index is 4.04. The minimum Gasteiger partial charge on any atom is -0.285 e. The fourth-order valence-electron chi connectivity index (χ4n) is 1.02. The molecule has 0 saturated carbocycles. The van der Waals surface area contributed by atoms with Crippen molar-refractivity contribution in [3.8, 4) is 0 Å². The Labute approximate surface area is 91.1 Å². The van der Waals surface area contributed by atoms with Crippen LogP contribution in [0.5, 0.6) is 0 Å². The van der Waals surface area contributed by atoms with Crippen LogP contribution in [0.4, 0.5) is 13.2 Å². The maximum atomic E-state index is 11.9. The van der Waals surface area contributed by atoms with Crippen LogP contribution in [0.25, 0.3) is 0 Å². The molecule has 0 heterocycles. The molecule has 0 rings (SSSR count). The highest BCUT2D eigenvalue weighted by Gasteiger charge is 2.36. The Kier molecular flexibility index (Phi) is 6.02. The number of rotatable bonds is 5. The normalized spacial score (nSPS) is 13.4. The third-order valence-electron chi connectivity index (χ3n) is 1.78. The topological polar surface area (TPSA) is 17.1 Å². The van der Waals surface area contributed by atoms with E-state index in [9.17, 15) is 18.0 Å². The van der Waals surface area contributed by atoms with Gasteiger partial charge < -0.3 is 0 Å². The summed E-state index contributed by atoms with van der Waals surface area (Å²) in [5.41, 5.74) is 0.503. The first-order chi connectivity index (χ1) is 6.73. The molecule has 0 atom stereocenters. The summed E-state index contributed by atoms with van der Waals surface area (Å²) in [5, 5.41) is 0. The van der Waals surface area contributed by atoms with E-state index in [0.29, 0.717) is 29.0 Å². The minimum atomic E-state index is -4.74. The number of alkyl halides is 3. The Bertz CT molecular complexity index is 244. The predicted molar refractivity (Wildman–Crippen MR) is 58.1 cm³/mol. The molecule has 15 heavy (non-hydrogen) atoms. The number of hydrogen-bond donors (Lipinski definition) is 0. The number of carbonyl (C=O) groups is 1. The van der Waals surface area contributed by atoms with Crippen molar-refractivity contribution >= 4 is 16.7 Å². The summed E-state index contributed by atoms with van der Waals surface area (Å²) in [6, 6.07) is 0. The van der Waals surface area contributed by atoms with Crippen LogP contribution in [0.3, 0.4) is 0 Å². The van der Waals surface area contributed by atoms with Crippen molar-refractivity contribution in [2.45, 2.75) is 25.9 Å². The number of ketones is 1. The molecule has 0 N–H and O–H groups in total. The monoisotopic (exact) mass is 241 g/mol. The average Bonchev–Trinajstić information content (AvgIpc) is 2.01. The van der Waals surface area contributed by atoms with Gasteiger partial charge in [-0.3, -0.25) is 4.79 Å². The summed E-state index contributed by atoms with van der Waals surface area (Å²) in [6.07, 6.45) is 1.53. The fourth-order valence-corrected chi connectivity index (χ4v) is 1.74.